The topological polar surface area (TPSA) is 73.9 Å². The van der Waals surface area contributed by atoms with E-state index in [9.17, 15) is 9.59 Å². The zero-order valence-corrected chi connectivity index (χ0v) is 19.0. The van der Waals surface area contributed by atoms with Crippen molar-refractivity contribution in [1.82, 2.24) is 5.48 Å². The van der Waals surface area contributed by atoms with Gasteiger partial charge in [-0.3, -0.25) is 14.4 Å². The molecule has 0 saturated carbocycles. The number of carbonyl (C=O) groups is 2. The Morgan fingerprint density at radius 1 is 0.941 bits per heavy atom. The summed E-state index contributed by atoms with van der Waals surface area (Å²) in [6.45, 7) is 0.298. The molecule has 3 aromatic carbocycles. The molecule has 6 heteroatoms. The number of Topliss-reactive ketones (excluding diaryl/α,β-unsaturated/α-hetero) is 1. The summed E-state index contributed by atoms with van der Waals surface area (Å²) in [5.74, 6) is 0.803. The van der Waals surface area contributed by atoms with E-state index in [1.807, 2.05) is 66.7 Å². The standard InChI is InChI=1S/C28H25NO5/c1-32-25-16-22-15-23(28(31)24(22)17-26(25)33-2)14-20-10-8-19(9-11-20)12-13-27(30)29-34-18-21-6-4-3-5-7-21/h3-14,16-17H,15,18H2,1-2H3,(H,29,30)/b13-12+,23-14-. The first-order valence-electron chi connectivity index (χ1n) is 10.8. The van der Waals surface area contributed by atoms with Gasteiger partial charge in [0, 0.05) is 23.6 Å². The molecule has 1 N–H and O–H groups in total. The first-order chi connectivity index (χ1) is 16.6. The van der Waals surface area contributed by atoms with Gasteiger partial charge in [-0.15, -0.1) is 0 Å². The summed E-state index contributed by atoms with van der Waals surface area (Å²) in [6, 6.07) is 20.8. The Balaban J connectivity index is 1.36. The molecule has 0 saturated heterocycles. The molecule has 1 amide bonds. The molecule has 0 heterocycles. The van der Waals surface area contributed by atoms with Crippen LogP contribution in [0.3, 0.4) is 0 Å². The molecule has 0 atom stereocenters. The van der Waals surface area contributed by atoms with Gasteiger partial charge in [0.1, 0.15) is 0 Å². The Morgan fingerprint density at radius 3 is 2.32 bits per heavy atom. The summed E-state index contributed by atoms with van der Waals surface area (Å²) >= 11 is 0. The van der Waals surface area contributed by atoms with E-state index >= 15 is 0 Å². The third kappa shape index (κ3) is 5.42. The van der Waals surface area contributed by atoms with Gasteiger partial charge in [-0.2, -0.15) is 0 Å². The number of benzene rings is 3. The van der Waals surface area contributed by atoms with E-state index in [4.69, 9.17) is 14.3 Å². The fourth-order valence-electron chi connectivity index (χ4n) is 3.73. The Morgan fingerprint density at radius 2 is 1.62 bits per heavy atom. The number of rotatable bonds is 8. The van der Waals surface area contributed by atoms with Gasteiger partial charge in [0.15, 0.2) is 17.3 Å². The summed E-state index contributed by atoms with van der Waals surface area (Å²) < 4.78 is 10.7. The third-order valence-corrected chi connectivity index (χ3v) is 5.49. The molecule has 4 rings (SSSR count). The van der Waals surface area contributed by atoms with Crippen molar-refractivity contribution in [2.75, 3.05) is 14.2 Å². The number of ether oxygens (including phenoxy) is 2. The lowest BCUT2D eigenvalue weighted by Crippen LogP contribution is -2.21. The third-order valence-electron chi connectivity index (χ3n) is 5.49. The van der Waals surface area contributed by atoms with Crippen LogP contribution in [0.25, 0.3) is 12.2 Å². The Kier molecular flexibility index (Phi) is 7.20. The highest BCUT2D eigenvalue weighted by Crippen LogP contribution is 2.37. The quantitative estimate of drug-likeness (QED) is 0.391. The van der Waals surface area contributed by atoms with Crippen LogP contribution in [-0.2, 0) is 22.7 Å². The minimum absolute atomic E-state index is 0.00732. The van der Waals surface area contributed by atoms with E-state index in [-0.39, 0.29) is 11.7 Å². The molecule has 1 aliphatic rings. The van der Waals surface area contributed by atoms with Crippen molar-refractivity contribution < 1.29 is 23.9 Å². The van der Waals surface area contributed by atoms with Crippen LogP contribution >= 0.6 is 0 Å². The zero-order valence-electron chi connectivity index (χ0n) is 19.0. The molecule has 34 heavy (non-hydrogen) atoms. The van der Waals surface area contributed by atoms with E-state index < -0.39 is 0 Å². The minimum Gasteiger partial charge on any atom is -0.493 e. The second-order valence-corrected chi connectivity index (χ2v) is 7.78. The van der Waals surface area contributed by atoms with Crippen molar-refractivity contribution in [3.05, 3.63) is 106 Å². The molecule has 3 aromatic rings. The Labute approximate surface area is 198 Å². The number of amides is 1. The highest BCUT2D eigenvalue weighted by molar-refractivity contribution is 6.16. The SMILES string of the molecule is COc1cc2c(cc1OC)C(=O)/C(=C\c1ccc(/C=C/C(=O)NOCc3ccccc3)cc1)C2. The van der Waals surface area contributed by atoms with Gasteiger partial charge in [-0.1, -0.05) is 54.6 Å². The normalized spacial score (nSPS) is 13.8. The first kappa shape index (κ1) is 23.0. The van der Waals surface area contributed by atoms with Crippen LogP contribution in [0.1, 0.15) is 32.6 Å². The van der Waals surface area contributed by atoms with Crippen molar-refractivity contribution >= 4 is 23.8 Å². The second kappa shape index (κ2) is 10.6. The van der Waals surface area contributed by atoms with Gasteiger partial charge in [-0.25, -0.2) is 5.48 Å². The van der Waals surface area contributed by atoms with Crippen LogP contribution in [0.15, 0.2) is 78.4 Å². The zero-order chi connectivity index (χ0) is 23.9. The second-order valence-electron chi connectivity index (χ2n) is 7.78. The summed E-state index contributed by atoms with van der Waals surface area (Å²) in [4.78, 5) is 30.0. The molecule has 0 aromatic heterocycles. The molecule has 1 aliphatic carbocycles. The van der Waals surface area contributed by atoms with Crippen molar-refractivity contribution in [3.8, 4) is 11.5 Å². The fourth-order valence-corrected chi connectivity index (χ4v) is 3.73. The summed E-state index contributed by atoms with van der Waals surface area (Å²) in [7, 11) is 3.13. The molecule has 6 nitrogen and oxygen atoms in total. The molecule has 0 spiro atoms. The molecule has 0 radical (unpaired) electrons. The van der Waals surface area contributed by atoms with E-state index in [0.717, 1.165) is 22.3 Å². The van der Waals surface area contributed by atoms with E-state index in [0.29, 0.717) is 35.7 Å². The van der Waals surface area contributed by atoms with Gasteiger partial charge in [0.25, 0.3) is 5.91 Å². The van der Waals surface area contributed by atoms with Crippen molar-refractivity contribution in [1.29, 1.82) is 0 Å². The monoisotopic (exact) mass is 455 g/mol. The van der Waals surface area contributed by atoms with Crippen molar-refractivity contribution in [3.63, 3.8) is 0 Å². The smallest absolute Gasteiger partial charge is 0.267 e. The molecular weight excluding hydrogens is 430 g/mol. The number of ketones is 1. The summed E-state index contributed by atoms with van der Waals surface area (Å²) in [5.41, 5.74) is 7.41. The number of hydrogen-bond acceptors (Lipinski definition) is 5. The molecule has 0 bridgehead atoms. The molecule has 0 unspecified atom stereocenters. The summed E-state index contributed by atoms with van der Waals surface area (Å²) in [6.07, 6.45) is 5.54. The van der Waals surface area contributed by atoms with Gasteiger partial charge < -0.3 is 9.47 Å². The van der Waals surface area contributed by atoms with Crippen LogP contribution in [0.4, 0.5) is 0 Å². The van der Waals surface area contributed by atoms with Gasteiger partial charge >= 0.3 is 0 Å². The first-order valence-corrected chi connectivity index (χ1v) is 10.8. The largest absolute Gasteiger partial charge is 0.493 e. The number of hydroxylamine groups is 1. The highest BCUT2D eigenvalue weighted by atomic mass is 16.6. The Bertz CT molecular complexity index is 1240. The summed E-state index contributed by atoms with van der Waals surface area (Å²) in [5, 5.41) is 0. The number of fused-ring (bicyclic) bond motifs is 1. The lowest BCUT2D eigenvalue weighted by molar-refractivity contribution is -0.129. The Hall–Kier alpha value is -4.16. The van der Waals surface area contributed by atoms with E-state index in [2.05, 4.69) is 5.48 Å². The van der Waals surface area contributed by atoms with Gasteiger partial charge in [0.05, 0.1) is 20.8 Å². The van der Waals surface area contributed by atoms with Crippen LogP contribution < -0.4 is 15.0 Å². The maximum absolute atomic E-state index is 12.9. The number of nitrogens with one attached hydrogen (secondary N) is 1. The maximum atomic E-state index is 12.9. The number of carbonyl (C=O) groups excluding carboxylic acids is 2. The highest BCUT2D eigenvalue weighted by Gasteiger charge is 2.27. The van der Waals surface area contributed by atoms with E-state index in [1.165, 1.54) is 6.08 Å². The number of allylic oxidation sites excluding steroid dienone is 1. The molecule has 172 valence electrons. The fraction of sp³-hybridized carbons (Fsp3) is 0.143. The van der Waals surface area contributed by atoms with Crippen molar-refractivity contribution in [2.24, 2.45) is 0 Å². The van der Waals surface area contributed by atoms with Gasteiger partial charge in [-0.05, 0) is 46.5 Å². The number of methoxy groups -OCH3 is 2. The average molecular weight is 456 g/mol. The molecular formula is C28H25NO5. The van der Waals surface area contributed by atoms with E-state index in [1.54, 1.807) is 26.4 Å². The van der Waals surface area contributed by atoms with Gasteiger partial charge in [0.2, 0.25) is 0 Å². The lowest BCUT2D eigenvalue weighted by atomic mass is 10.1. The average Bonchev–Trinajstić information content (AvgIpc) is 3.17. The number of hydrogen-bond donors (Lipinski definition) is 1. The molecule has 0 fully saturated rings. The van der Waals surface area contributed by atoms with Crippen LogP contribution in [-0.4, -0.2) is 25.9 Å². The lowest BCUT2D eigenvalue weighted by Gasteiger charge is -2.08. The maximum Gasteiger partial charge on any atom is 0.267 e. The predicted molar refractivity (Wildman–Crippen MR) is 130 cm³/mol. The van der Waals surface area contributed by atoms with Crippen LogP contribution in [0, 0.1) is 0 Å². The minimum atomic E-state index is -0.345. The van der Waals surface area contributed by atoms with Crippen LogP contribution in [0.5, 0.6) is 11.5 Å². The van der Waals surface area contributed by atoms with Crippen LogP contribution in [0.2, 0.25) is 0 Å². The van der Waals surface area contributed by atoms with Crippen molar-refractivity contribution in [2.45, 2.75) is 13.0 Å². The molecule has 0 aliphatic heterocycles. The predicted octanol–water partition coefficient (Wildman–Crippen LogP) is 4.79.